The van der Waals surface area contributed by atoms with Gasteiger partial charge < -0.3 is 4.74 Å². The first kappa shape index (κ1) is 13.3. The SMILES string of the molecule is Cc1cccc(C=O)c1OCCCc1ccccc1. The molecule has 2 aromatic carbocycles. The van der Waals surface area contributed by atoms with E-state index in [1.807, 2.05) is 37.3 Å². The summed E-state index contributed by atoms with van der Waals surface area (Å²) in [4.78, 5) is 11.0. The predicted octanol–water partition coefficient (Wildman–Crippen LogP) is 3.82. The highest BCUT2D eigenvalue weighted by atomic mass is 16.5. The largest absolute Gasteiger partial charge is 0.493 e. The molecular weight excluding hydrogens is 236 g/mol. The van der Waals surface area contributed by atoms with Gasteiger partial charge in [-0.1, -0.05) is 42.5 Å². The van der Waals surface area contributed by atoms with Crippen LogP contribution in [0.1, 0.15) is 27.9 Å². The highest BCUT2D eigenvalue weighted by molar-refractivity contribution is 5.80. The first-order chi connectivity index (χ1) is 9.31. The standard InChI is InChI=1S/C17H18O2/c1-14-7-5-11-16(13-18)17(14)19-12-6-10-15-8-3-2-4-9-15/h2-5,7-9,11,13H,6,10,12H2,1H3. The minimum Gasteiger partial charge on any atom is -0.493 e. The summed E-state index contributed by atoms with van der Waals surface area (Å²) >= 11 is 0. The fourth-order valence-corrected chi connectivity index (χ4v) is 2.06. The van der Waals surface area contributed by atoms with Crippen LogP contribution in [-0.2, 0) is 6.42 Å². The third-order valence-corrected chi connectivity index (χ3v) is 3.07. The molecule has 0 N–H and O–H groups in total. The molecule has 0 saturated carbocycles. The van der Waals surface area contributed by atoms with Crippen molar-refractivity contribution in [3.8, 4) is 5.75 Å². The molecule has 19 heavy (non-hydrogen) atoms. The molecule has 0 saturated heterocycles. The van der Waals surface area contributed by atoms with Gasteiger partial charge in [0.25, 0.3) is 0 Å². The van der Waals surface area contributed by atoms with Gasteiger partial charge >= 0.3 is 0 Å². The van der Waals surface area contributed by atoms with Crippen molar-refractivity contribution in [2.75, 3.05) is 6.61 Å². The number of benzene rings is 2. The van der Waals surface area contributed by atoms with Gasteiger partial charge in [0.15, 0.2) is 6.29 Å². The number of carbonyl (C=O) groups is 1. The lowest BCUT2D eigenvalue weighted by Crippen LogP contribution is -2.03. The zero-order valence-corrected chi connectivity index (χ0v) is 11.1. The molecule has 0 heterocycles. The number of aldehydes is 1. The quantitative estimate of drug-likeness (QED) is 0.578. The van der Waals surface area contributed by atoms with Crippen molar-refractivity contribution in [1.82, 2.24) is 0 Å². The Morgan fingerprint density at radius 3 is 2.58 bits per heavy atom. The maximum Gasteiger partial charge on any atom is 0.153 e. The van der Waals surface area contributed by atoms with Crippen LogP contribution >= 0.6 is 0 Å². The van der Waals surface area contributed by atoms with E-state index in [1.54, 1.807) is 6.07 Å². The van der Waals surface area contributed by atoms with Gasteiger partial charge in [-0.3, -0.25) is 4.79 Å². The third kappa shape index (κ3) is 3.68. The Morgan fingerprint density at radius 2 is 1.84 bits per heavy atom. The molecule has 2 aromatic rings. The van der Waals surface area contributed by atoms with Gasteiger partial charge in [-0.25, -0.2) is 0 Å². The second-order valence-electron chi connectivity index (χ2n) is 4.55. The Morgan fingerprint density at radius 1 is 1.05 bits per heavy atom. The number of rotatable bonds is 6. The molecule has 0 spiro atoms. The molecule has 0 atom stereocenters. The summed E-state index contributed by atoms with van der Waals surface area (Å²) < 4.78 is 5.75. The second kappa shape index (κ2) is 6.74. The smallest absolute Gasteiger partial charge is 0.153 e. The average Bonchev–Trinajstić information content (AvgIpc) is 2.46. The van der Waals surface area contributed by atoms with Crippen LogP contribution in [-0.4, -0.2) is 12.9 Å². The van der Waals surface area contributed by atoms with Crippen LogP contribution in [0.15, 0.2) is 48.5 Å². The molecule has 0 aliphatic carbocycles. The molecule has 2 rings (SSSR count). The average molecular weight is 254 g/mol. The number of ether oxygens (including phenoxy) is 1. The minimum absolute atomic E-state index is 0.625. The minimum atomic E-state index is 0.625. The first-order valence-electron chi connectivity index (χ1n) is 6.53. The molecular formula is C17H18O2. The fraction of sp³-hybridized carbons (Fsp3) is 0.235. The molecule has 0 unspecified atom stereocenters. The zero-order valence-electron chi connectivity index (χ0n) is 11.1. The van der Waals surface area contributed by atoms with Gasteiger partial charge in [-0.05, 0) is 37.0 Å². The van der Waals surface area contributed by atoms with Gasteiger partial charge in [0, 0.05) is 0 Å². The molecule has 0 radical (unpaired) electrons. The highest BCUT2D eigenvalue weighted by Gasteiger charge is 2.05. The van der Waals surface area contributed by atoms with E-state index in [1.165, 1.54) is 5.56 Å². The van der Waals surface area contributed by atoms with Gasteiger partial charge in [-0.15, -0.1) is 0 Å². The van der Waals surface area contributed by atoms with Crippen molar-refractivity contribution in [2.45, 2.75) is 19.8 Å². The van der Waals surface area contributed by atoms with Crippen molar-refractivity contribution in [1.29, 1.82) is 0 Å². The van der Waals surface area contributed by atoms with E-state index in [0.717, 1.165) is 24.7 Å². The van der Waals surface area contributed by atoms with Crippen LogP contribution in [0.2, 0.25) is 0 Å². The van der Waals surface area contributed by atoms with Crippen LogP contribution < -0.4 is 4.74 Å². The highest BCUT2D eigenvalue weighted by Crippen LogP contribution is 2.22. The third-order valence-electron chi connectivity index (χ3n) is 3.07. The van der Waals surface area contributed by atoms with E-state index in [-0.39, 0.29) is 0 Å². The monoisotopic (exact) mass is 254 g/mol. The van der Waals surface area contributed by atoms with Gasteiger partial charge in [-0.2, -0.15) is 0 Å². The Balaban J connectivity index is 1.88. The Hall–Kier alpha value is -2.09. The van der Waals surface area contributed by atoms with Crippen LogP contribution in [0.3, 0.4) is 0 Å². The molecule has 0 aliphatic rings. The molecule has 0 aromatic heterocycles. The molecule has 0 aliphatic heterocycles. The van der Waals surface area contributed by atoms with E-state index in [9.17, 15) is 4.79 Å². The fourth-order valence-electron chi connectivity index (χ4n) is 2.06. The van der Waals surface area contributed by atoms with E-state index in [2.05, 4.69) is 12.1 Å². The summed E-state index contributed by atoms with van der Waals surface area (Å²) in [5, 5.41) is 0. The van der Waals surface area contributed by atoms with Crippen molar-refractivity contribution in [2.24, 2.45) is 0 Å². The summed E-state index contributed by atoms with van der Waals surface area (Å²) in [6.45, 7) is 2.58. The topological polar surface area (TPSA) is 26.3 Å². The Bertz CT molecular complexity index is 532. The van der Waals surface area contributed by atoms with Crippen molar-refractivity contribution in [3.05, 3.63) is 65.2 Å². The maximum atomic E-state index is 11.0. The number of hydrogen-bond acceptors (Lipinski definition) is 2. The van der Waals surface area contributed by atoms with Crippen molar-refractivity contribution >= 4 is 6.29 Å². The van der Waals surface area contributed by atoms with Crippen LogP contribution in [0.5, 0.6) is 5.75 Å². The van der Waals surface area contributed by atoms with Crippen LogP contribution in [0.4, 0.5) is 0 Å². The number of carbonyl (C=O) groups excluding carboxylic acids is 1. The van der Waals surface area contributed by atoms with Crippen LogP contribution in [0.25, 0.3) is 0 Å². The summed E-state index contributed by atoms with van der Waals surface area (Å²) in [7, 11) is 0. The summed E-state index contributed by atoms with van der Waals surface area (Å²) in [6.07, 6.45) is 2.78. The van der Waals surface area contributed by atoms with Crippen molar-refractivity contribution in [3.63, 3.8) is 0 Å². The molecule has 0 amide bonds. The molecule has 2 nitrogen and oxygen atoms in total. The van der Waals surface area contributed by atoms with Gasteiger partial charge in [0.05, 0.1) is 12.2 Å². The predicted molar refractivity (Wildman–Crippen MR) is 76.8 cm³/mol. The molecule has 0 bridgehead atoms. The normalized spacial score (nSPS) is 10.2. The lowest BCUT2D eigenvalue weighted by atomic mass is 10.1. The van der Waals surface area contributed by atoms with Gasteiger partial charge in [0.1, 0.15) is 5.75 Å². The lowest BCUT2D eigenvalue weighted by Gasteiger charge is -2.11. The number of para-hydroxylation sites is 1. The first-order valence-corrected chi connectivity index (χ1v) is 6.53. The molecule has 0 fully saturated rings. The lowest BCUT2D eigenvalue weighted by molar-refractivity contribution is 0.111. The van der Waals surface area contributed by atoms with E-state index < -0.39 is 0 Å². The Kier molecular flexibility index (Phi) is 4.73. The summed E-state index contributed by atoms with van der Waals surface area (Å²) in [5.74, 6) is 0.713. The van der Waals surface area contributed by atoms with E-state index >= 15 is 0 Å². The number of hydrogen-bond donors (Lipinski definition) is 0. The molecule has 2 heteroatoms. The van der Waals surface area contributed by atoms with E-state index in [0.29, 0.717) is 17.9 Å². The summed E-state index contributed by atoms with van der Waals surface area (Å²) in [5.41, 5.74) is 2.94. The maximum absolute atomic E-state index is 11.0. The van der Waals surface area contributed by atoms with Crippen molar-refractivity contribution < 1.29 is 9.53 Å². The van der Waals surface area contributed by atoms with Crippen LogP contribution in [0, 0.1) is 6.92 Å². The summed E-state index contributed by atoms with van der Waals surface area (Å²) in [6, 6.07) is 15.9. The second-order valence-corrected chi connectivity index (χ2v) is 4.55. The Labute approximate surface area is 114 Å². The molecule has 98 valence electrons. The number of aryl methyl sites for hydroxylation is 2. The van der Waals surface area contributed by atoms with E-state index in [4.69, 9.17) is 4.74 Å². The zero-order chi connectivity index (χ0) is 13.5. The van der Waals surface area contributed by atoms with Gasteiger partial charge in [0.2, 0.25) is 0 Å².